The number of hydrogen-bond donors (Lipinski definition) is 2. The van der Waals surface area contributed by atoms with Crippen molar-refractivity contribution < 1.29 is 9.53 Å². The van der Waals surface area contributed by atoms with Gasteiger partial charge in [0, 0.05) is 32.2 Å². The minimum absolute atomic E-state index is 0.0766. The summed E-state index contributed by atoms with van der Waals surface area (Å²) >= 11 is 0. The van der Waals surface area contributed by atoms with Gasteiger partial charge in [0.2, 0.25) is 5.91 Å². The molecule has 0 fully saturated rings. The van der Waals surface area contributed by atoms with Crippen molar-refractivity contribution in [2.75, 3.05) is 13.7 Å². The zero-order chi connectivity index (χ0) is 11.8. The van der Waals surface area contributed by atoms with E-state index in [1.807, 2.05) is 20.8 Å². The van der Waals surface area contributed by atoms with Gasteiger partial charge in [0.1, 0.15) is 0 Å². The molecule has 0 saturated heterocycles. The Morgan fingerprint density at radius 1 is 1.40 bits per heavy atom. The molecule has 1 amide bonds. The highest BCUT2D eigenvalue weighted by Crippen LogP contribution is 2.03. The lowest BCUT2D eigenvalue weighted by atomic mass is 10.1. The van der Waals surface area contributed by atoms with E-state index in [1.165, 1.54) is 0 Å². The average Bonchev–Trinajstić information content (AvgIpc) is 2.00. The molecule has 4 nitrogen and oxygen atoms in total. The van der Waals surface area contributed by atoms with Crippen LogP contribution in [0.1, 0.15) is 33.6 Å². The summed E-state index contributed by atoms with van der Waals surface area (Å²) in [7, 11) is 1.65. The number of rotatable bonds is 7. The van der Waals surface area contributed by atoms with Crippen LogP contribution in [-0.4, -0.2) is 31.7 Å². The van der Waals surface area contributed by atoms with Crippen LogP contribution in [0, 0.1) is 5.92 Å². The van der Waals surface area contributed by atoms with Crippen LogP contribution in [0.2, 0.25) is 0 Å². The van der Waals surface area contributed by atoms with E-state index < -0.39 is 0 Å². The summed E-state index contributed by atoms with van der Waals surface area (Å²) in [6.45, 7) is 6.53. The van der Waals surface area contributed by atoms with Crippen LogP contribution < -0.4 is 11.1 Å². The summed E-state index contributed by atoms with van der Waals surface area (Å²) in [5.41, 5.74) is 5.65. The maximum absolute atomic E-state index is 11.5. The van der Waals surface area contributed by atoms with Crippen LogP contribution in [0.5, 0.6) is 0 Å². The van der Waals surface area contributed by atoms with E-state index in [9.17, 15) is 4.79 Å². The second-order valence-electron chi connectivity index (χ2n) is 4.45. The zero-order valence-electron chi connectivity index (χ0n) is 10.2. The molecule has 15 heavy (non-hydrogen) atoms. The SMILES string of the molecule is COCC(C)CC(=O)NC(C)CC(C)N. The first-order valence-corrected chi connectivity index (χ1v) is 5.49. The lowest BCUT2D eigenvalue weighted by Gasteiger charge is -2.17. The fraction of sp³-hybridized carbons (Fsp3) is 0.909. The second kappa shape index (κ2) is 7.65. The first-order valence-electron chi connectivity index (χ1n) is 5.49. The maximum Gasteiger partial charge on any atom is 0.220 e. The number of amides is 1. The third-order valence-corrected chi connectivity index (χ3v) is 2.12. The quantitative estimate of drug-likeness (QED) is 0.664. The van der Waals surface area contributed by atoms with E-state index in [0.29, 0.717) is 13.0 Å². The minimum atomic E-state index is 0.0766. The van der Waals surface area contributed by atoms with Gasteiger partial charge in [-0.05, 0) is 26.2 Å². The Morgan fingerprint density at radius 3 is 2.47 bits per heavy atom. The molecule has 0 aliphatic rings. The predicted molar refractivity (Wildman–Crippen MR) is 61.5 cm³/mol. The van der Waals surface area contributed by atoms with Crippen molar-refractivity contribution >= 4 is 5.91 Å². The number of hydrogen-bond acceptors (Lipinski definition) is 3. The fourth-order valence-electron chi connectivity index (χ4n) is 1.61. The first-order chi connectivity index (χ1) is 6.95. The summed E-state index contributed by atoms with van der Waals surface area (Å²) in [5, 5.41) is 2.93. The Bertz CT molecular complexity index is 183. The average molecular weight is 216 g/mol. The van der Waals surface area contributed by atoms with Gasteiger partial charge < -0.3 is 15.8 Å². The molecule has 0 radical (unpaired) electrons. The van der Waals surface area contributed by atoms with Crippen LogP contribution >= 0.6 is 0 Å². The summed E-state index contributed by atoms with van der Waals surface area (Å²) in [6.07, 6.45) is 1.32. The zero-order valence-corrected chi connectivity index (χ0v) is 10.2. The van der Waals surface area contributed by atoms with Gasteiger partial charge in [0.05, 0.1) is 0 Å². The first kappa shape index (κ1) is 14.4. The molecule has 90 valence electrons. The molecular formula is C11H24N2O2. The molecule has 0 aliphatic heterocycles. The molecule has 0 rings (SSSR count). The van der Waals surface area contributed by atoms with Gasteiger partial charge in [-0.15, -0.1) is 0 Å². The lowest BCUT2D eigenvalue weighted by molar-refractivity contribution is -0.122. The predicted octanol–water partition coefficient (Wildman–Crippen LogP) is 0.901. The standard InChI is InChI=1S/C11H24N2O2/c1-8(7-15-4)5-11(14)13-10(3)6-9(2)12/h8-10H,5-7,12H2,1-4H3,(H,13,14). The Labute approximate surface area is 92.6 Å². The van der Waals surface area contributed by atoms with Crippen LogP contribution in [0.4, 0.5) is 0 Å². The third kappa shape index (κ3) is 8.39. The summed E-state index contributed by atoms with van der Waals surface area (Å²) in [5.74, 6) is 0.338. The second-order valence-corrected chi connectivity index (χ2v) is 4.45. The van der Waals surface area contributed by atoms with E-state index in [-0.39, 0.29) is 23.9 Å². The topological polar surface area (TPSA) is 64.3 Å². The largest absolute Gasteiger partial charge is 0.384 e. The number of nitrogens with two attached hydrogens (primary N) is 1. The molecule has 0 aliphatic carbocycles. The van der Waals surface area contributed by atoms with Crippen LogP contribution in [0.25, 0.3) is 0 Å². The van der Waals surface area contributed by atoms with Gasteiger partial charge in [0.15, 0.2) is 0 Å². The maximum atomic E-state index is 11.5. The molecule has 0 saturated carbocycles. The van der Waals surface area contributed by atoms with Crippen molar-refractivity contribution in [2.45, 2.75) is 45.7 Å². The number of carbonyl (C=O) groups excluding carboxylic acids is 1. The van der Waals surface area contributed by atoms with Crippen molar-refractivity contribution in [3.63, 3.8) is 0 Å². The van der Waals surface area contributed by atoms with Gasteiger partial charge in [-0.2, -0.15) is 0 Å². The fourth-order valence-corrected chi connectivity index (χ4v) is 1.61. The molecule has 0 aromatic heterocycles. The van der Waals surface area contributed by atoms with Crippen molar-refractivity contribution in [1.29, 1.82) is 0 Å². The molecule has 4 heteroatoms. The molecule has 0 aromatic rings. The molecule has 3 unspecified atom stereocenters. The highest BCUT2D eigenvalue weighted by Gasteiger charge is 2.12. The molecule has 0 bridgehead atoms. The number of nitrogens with one attached hydrogen (secondary N) is 1. The molecule has 0 spiro atoms. The normalized spacial score (nSPS) is 16.9. The van der Waals surface area contributed by atoms with Crippen LogP contribution in [0.15, 0.2) is 0 Å². The van der Waals surface area contributed by atoms with Crippen LogP contribution in [0.3, 0.4) is 0 Å². The smallest absolute Gasteiger partial charge is 0.220 e. The van der Waals surface area contributed by atoms with Gasteiger partial charge in [0.25, 0.3) is 0 Å². The third-order valence-electron chi connectivity index (χ3n) is 2.12. The Kier molecular flexibility index (Phi) is 7.34. The summed E-state index contributed by atoms with van der Waals surface area (Å²) in [4.78, 5) is 11.5. The number of carbonyl (C=O) groups is 1. The summed E-state index contributed by atoms with van der Waals surface area (Å²) in [6, 6.07) is 0.268. The summed E-state index contributed by atoms with van der Waals surface area (Å²) < 4.78 is 4.97. The molecule has 0 aromatic carbocycles. The Balaban J connectivity index is 3.72. The number of ether oxygens (including phenoxy) is 1. The Hall–Kier alpha value is -0.610. The van der Waals surface area contributed by atoms with Crippen molar-refractivity contribution in [2.24, 2.45) is 11.7 Å². The van der Waals surface area contributed by atoms with E-state index in [4.69, 9.17) is 10.5 Å². The van der Waals surface area contributed by atoms with E-state index in [0.717, 1.165) is 6.42 Å². The van der Waals surface area contributed by atoms with E-state index >= 15 is 0 Å². The van der Waals surface area contributed by atoms with E-state index in [2.05, 4.69) is 5.32 Å². The minimum Gasteiger partial charge on any atom is -0.384 e. The van der Waals surface area contributed by atoms with Gasteiger partial charge in [-0.1, -0.05) is 6.92 Å². The van der Waals surface area contributed by atoms with Gasteiger partial charge in [-0.3, -0.25) is 4.79 Å². The molecular weight excluding hydrogens is 192 g/mol. The highest BCUT2D eigenvalue weighted by atomic mass is 16.5. The monoisotopic (exact) mass is 216 g/mol. The Morgan fingerprint density at radius 2 is 2.00 bits per heavy atom. The van der Waals surface area contributed by atoms with Crippen molar-refractivity contribution in [1.82, 2.24) is 5.32 Å². The van der Waals surface area contributed by atoms with Gasteiger partial charge in [-0.25, -0.2) is 0 Å². The molecule has 0 heterocycles. The van der Waals surface area contributed by atoms with Gasteiger partial charge >= 0.3 is 0 Å². The van der Waals surface area contributed by atoms with Crippen molar-refractivity contribution in [3.05, 3.63) is 0 Å². The molecule has 3 atom stereocenters. The van der Waals surface area contributed by atoms with Crippen molar-refractivity contribution in [3.8, 4) is 0 Å². The lowest BCUT2D eigenvalue weighted by Crippen LogP contribution is -2.37. The van der Waals surface area contributed by atoms with E-state index in [1.54, 1.807) is 7.11 Å². The number of methoxy groups -OCH3 is 1. The molecule has 3 N–H and O–H groups in total. The highest BCUT2D eigenvalue weighted by molar-refractivity contribution is 5.76. The van der Waals surface area contributed by atoms with Crippen LogP contribution in [-0.2, 0) is 9.53 Å².